The van der Waals surface area contributed by atoms with Crippen molar-refractivity contribution in [2.75, 3.05) is 6.79 Å². The third kappa shape index (κ3) is 0.762. The van der Waals surface area contributed by atoms with Crippen LogP contribution in [0.3, 0.4) is 0 Å². The highest BCUT2D eigenvalue weighted by Crippen LogP contribution is 2.27. The largest absolute Gasteiger partial charge is 0.469 e. The molecule has 0 aromatic rings. The molecule has 0 spiro atoms. The molecule has 0 N–H and O–H groups in total. The number of allylic oxidation sites excluding steroid dienone is 2. The van der Waals surface area contributed by atoms with Crippen molar-refractivity contribution in [3.05, 3.63) is 23.5 Å². The highest BCUT2D eigenvalue weighted by atomic mass is 16.7. The van der Waals surface area contributed by atoms with Crippen molar-refractivity contribution in [1.29, 1.82) is 0 Å². The Morgan fingerprint density at radius 1 is 1.60 bits per heavy atom. The van der Waals surface area contributed by atoms with E-state index in [0.29, 0.717) is 6.79 Å². The van der Waals surface area contributed by atoms with Gasteiger partial charge in [0.25, 0.3) is 0 Å². The quantitative estimate of drug-likeness (QED) is 0.506. The lowest BCUT2D eigenvalue weighted by Gasteiger charge is -2.11. The number of rotatable bonds is 0. The van der Waals surface area contributed by atoms with Gasteiger partial charge in [0.1, 0.15) is 11.9 Å². The molecule has 0 aromatic carbocycles. The molecule has 1 fully saturated rings. The van der Waals surface area contributed by atoms with Gasteiger partial charge < -0.3 is 9.47 Å². The predicted octanol–water partition coefficient (Wildman–Crippen LogP) is 1.59. The minimum absolute atomic E-state index is 0.213. The Balaban J connectivity index is 2.32. The first-order valence-electron chi connectivity index (χ1n) is 3.49. The fourth-order valence-electron chi connectivity index (χ4n) is 1.34. The van der Waals surface area contributed by atoms with E-state index in [9.17, 15) is 0 Å². The van der Waals surface area contributed by atoms with Gasteiger partial charge in [-0.2, -0.15) is 0 Å². The van der Waals surface area contributed by atoms with Crippen LogP contribution < -0.4 is 0 Å². The van der Waals surface area contributed by atoms with Crippen molar-refractivity contribution < 1.29 is 9.47 Å². The predicted molar refractivity (Wildman–Crippen MR) is 37.3 cm³/mol. The molecular weight excluding hydrogens is 128 g/mol. The van der Waals surface area contributed by atoms with E-state index >= 15 is 0 Å². The van der Waals surface area contributed by atoms with Crippen molar-refractivity contribution in [1.82, 2.24) is 0 Å². The van der Waals surface area contributed by atoms with Gasteiger partial charge >= 0.3 is 0 Å². The standard InChI is InChI=1S/C8H10O2/c1-6-3-2-4-7-8(6)10-5-9-7/h2-3,7H,4-5H2,1H3. The molecule has 1 saturated heterocycles. The van der Waals surface area contributed by atoms with Gasteiger partial charge in [0.05, 0.1) is 0 Å². The second kappa shape index (κ2) is 2.13. The van der Waals surface area contributed by atoms with E-state index in [4.69, 9.17) is 9.47 Å². The first-order chi connectivity index (χ1) is 4.88. The molecule has 0 saturated carbocycles. The fourth-order valence-corrected chi connectivity index (χ4v) is 1.34. The lowest BCUT2D eigenvalue weighted by molar-refractivity contribution is 0.0508. The van der Waals surface area contributed by atoms with Crippen LogP contribution in [0.2, 0.25) is 0 Å². The maximum Gasteiger partial charge on any atom is 0.189 e. The maximum atomic E-state index is 5.30. The summed E-state index contributed by atoms with van der Waals surface area (Å²) in [5.74, 6) is 1.03. The summed E-state index contributed by atoms with van der Waals surface area (Å²) < 4.78 is 10.6. The Kier molecular flexibility index (Phi) is 1.27. The van der Waals surface area contributed by atoms with E-state index < -0.39 is 0 Å². The zero-order chi connectivity index (χ0) is 6.97. The maximum absolute atomic E-state index is 5.30. The van der Waals surface area contributed by atoms with Crippen LogP contribution in [0.5, 0.6) is 0 Å². The van der Waals surface area contributed by atoms with Gasteiger partial charge in [0.15, 0.2) is 6.79 Å². The lowest BCUT2D eigenvalue weighted by atomic mass is 10.0. The van der Waals surface area contributed by atoms with Gasteiger partial charge in [-0.1, -0.05) is 12.2 Å². The second-order valence-electron chi connectivity index (χ2n) is 2.60. The molecule has 2 rings (SSSR count). The Morgan fingerprint density at radius 2 is 2.50 bits per heavy atom. The van der Waals surface area contributed by atoms with Crippen molar-refractivity contribution in [3.8, 4) is 0 Å². The molecule has 1 atom stereocenters. The molecule has 0 amide bonds. The molecule has 1 heterocycles. The van der Waals surface area contributed by atoms with Crippen molar-refractivity contribution in [2.24, 2.45) is 0 Å². The summed E-state index contributed by atoms with van der Waals surface area (Å²) in [7, 11) is 0. The fraction of sp³-hybridized carbons (Fsp3) is 0.500. The van der Waals surface area contributed by atoms with Gasteiger partial charge in [-0.25, -0.2) is 0 Å². The summed E-state index contributed by atoms with van der Waals surface area (Å²) in [6.45, 7) is 2.48. The van der Waals surface area contributed by atoms with Crippen molar-refractivity contribution in [2.45, 2.75) is 19.4 Å². The number of hydrogen-bond donors (Lipinski definition) is 0. The van der Waals surface area contributed by atoms with Crippen LogP contribution >= 0.6 is 0 Å². The van der Waals surface area contributed by atoms with Gasteiger partial charge in [0.2, 0.25) is 0 Å². The third-order valence-electron chi connectivity index (χ3n) is 1.88. The molecule has 1 aliphatic carbocycles. The van der Waals surface area contributed by atoms with Gasteiger partial charge in [-0.3, -0.25) is 0 Å². The molecule has 0 aromatic heterocycles. The summed E-state index contributed by atoms with van der Waals surface area (Å²) in [5, 5.41) is 0. The zero-order valence-electron chi connectivity index (χ0n) is 5.96. The minimum atomic E-state index is 0.213. The topological polar surface area (TPSA) is 18.5 Å². The molecule has 0 bridgehead atoms. The van der Waals surface area contributed by atoms with E-state index in [1.807, 2.05) is 6.92 Å². The molecule has 54 valence electrons. The summed E-state index contributed by atoms with van der Waals surface area (Å²) in [6, 6.07) is 0. The Hall–Kier alpha value is -0.760. The van der Waals surface area contributed by atoms with Gasteiger partial charge in [0, 0.05) is 0 Å². The van der Waals surface area contributed by atoms with E-state index in [1.165, 1.54) is 5.57 Å². The van der Waals surface area contributed by atoms with Crippen LogP contribution in [0, 0.1) is 0 Å². The molecule has 1 aliphatic heterocycles. The average molecular weight is 138 g/mol. The molecule has 2 aliphatic rings. The number of fused-ring (bicyclic) bond motifs is 1. The van der Waals surface area contributed by atoms with Crippen LogP contribution in [0.15, 0.2) is 23.5 Å². The first kappa shape index (κ1) is 5.98. The smallest absolute Gasteiger partial charge is 0.189 e. The first-order valence-corrected chi connectivity index (χ1v) is 3.49. The van der Waals surface area contributed by atoms with Gasteiger partial charge in [-0.05, 0) is 18.9 Å². The van der Waals surface area contributed by atoms with Crippen LogP contribution in [0.1, 0.15) is 13.3 Å². The van der Waals surface area contributed by atoms with Crippen molar-refractivity contribution in [3.63, 3.8) is 0 Å². The normalized spacial score (nSPS) is 30.3. The van der Waals surface area contributed by atoms with E-state index in [0.717, 1.165) is 12.2 Å². The average Bonchev–Trinajstić information content (AvgIpc) is 2.36. The molecule has 0 radical (unpaired) electrons. The third-order valence-corrected chi connectivity index (χ3v) is 1.88. The van der Waals surface area contributed by atoms with Crippen LogP contribution in [0.25, 0.3) is 0 Å². The molecule has 10 heavy (non-hydrogen) atoms. The summed E-state index contributed by atoms with van der Waals surface area (Å²) in [6.07, 6.45) is 5.38. The number of ether oxygens (including phenoxy) is 2. The Morgan fingerprint density at radius 3 is 3.30 bits per heavy atom. The highest BCUT2D eigenvalue weighted by molar-refractivity contribution is 5.28. The SMILES string of the molecule is CC1=C2OCOC2CC=C1. The number of hydrogen-bond acceptors (Lipinski definition) is 2. The zero-order valence-corrected chi connectivity index (χ0v) is 5.96. The van der Waals surface area contributed by atoms with Crippen LogP contribution in [-0.4, -0.2) is 12.9 Å². The second-order valence-corrected chi connectivity index (χ2v) is 2.60. The van der Waals surface area contributed by atoms with E-state index in [2.05, 4.69) is 12.2 Å². The summed E-state index contributed by atoms with van der Waals surface area (Å²) in [4.78, 5) is 0. The van der Waals surface area contributed by atoms with Crippen LogP contribution in [-0.2, 0) is 9.47 Å². The van der Waals surface area contributed by atoms with Crippen LogP contribution in [0.4, 0.5) is 0 Å². The van der Waals surface area contributed by atoms with E-state index in [-0.39, 0.29) is 6.10 Å². The lowest BCUT2D eigenvalue weighted by Crippen LogP contribution is -2.09. The van der Waals surface area contributed by atoms with Gasteiger partial charge in [-0.15, -0.1) is 0 Å². The Bertz CT molecular complexity index is 203. The molecule has 2 heteroatoms. The minimum Gasteiger partial charge on any atom is -0.469 e. The highest BCUT2D eigenvalue weighted by Gasteiger charge is 2.25. The summed E-state index contributed by atoms with van der Waals surface area (Å²) >= 11 is 0. The molecular formula is C8H10O2. The van der Waals surface area contributed by atoms with Crippen molar-refractivity contribution >= 4 is 0 Å². The van der Waals surface area contributed by atoms with E-state index in [1.54, 1.807) is 0 Å². The molecule has 2 nitrogen and oxygen atoms in total. The summed E-state index contributed by atoms with van der Waals surface area (Å²) in [5.41, 5.74) is 1.20. The monoisotopic (exact) mass is 138 g/mol. The Labute approximate surface area is 60.1 Å². The molecule has 1 unspecified atom stereocenters.